The van der Waals surface area contributed by atoms with E-state index < -0.39 is 5.97 Å². The Kier molecular flexibility index (Phi) is 5.43. The van der Waals surface area contributed by atoms with Gasteiger partial charge in [-0.05, 0) is 74.4 Å². The minimum Gasteiger partial charge on any atom is -0.451 e. The van der Waals surface area contributed by atoms with Gasteiger partial charge in [-0.1, -0.05) is 0 Å². The van der Waals surface area contributed by atoms with E-state index >= 15 is 0 Å². The van der Waals surface area contributed by atoms with Crippen molar-refractivity contribution in [2.24, 2.45) is 0 Å². The maximum atomic E-state index is 12.1. The average molecular weight is 385 g/mol. The number of ether oxygens (including phenoxy) is 1. The summed E-state index contributed by atoms with van der Waals surface area (Å²) in [5.41, 5.74) is 3.15. The van der Waals surface area contributed by atoms with Gasteiger partial charge in [-0.25, -0.2) is 4.79 Å². The molecule has 1 aliphatic heterocycles. The van der Waals surface area contributed by atoms with Crippen LogP contribution in [-0.2, 0) is 22.4 Å². The number of aryl methyl sites for hydroxylation is 2. The van der Waals surface area contributed by atoms with Crippen LogP contribution in [0.5, 0.6) is 0 Å². The third-order valence-electron chi connectivity index (χ3n) is 5.15. The van der Waals surface area contributed by atoms with Crippen LogP contribution in [0, 0.1) is 0 Å². The molecular weight excluding hydrogens is 360 g/mol. The standard InChI is InChI=1S/C21H24N2O3S/c24-20(14-26-21(25)19-13-15-5-4-6-18(15)27-19)22-16-7-9-17(10-8-16)23-11-2-1-3-12-23/h7-10,13H,1-6,11-12,14H2,(H,22,24). The molecule has 0 atom stereocenters. The van der Waals surface area contributed by atoms with Gasteiger partial charge in [0.2, 0.25) is 0 Å². The Morgan fingerprint density at radius 1 is 1.04 bits per heavy atom. The minimum atomic E-state index is -0.412. The Balaban J connectivity index is 1.26. The van der Waals surface area contributed by atoms with Crippen LogP contribution >= 0.6 is 11.3 Å². The van der Waals surface area contributed by atoms with Crippen molar-refractivity contribution in [3.63, 3.8) is 0 Å². The number of nitrogens with one attached hydrogen (secondary N) is 1. The summed E-state index contributed by atoms with van der Waals surface area (Å²) in [5, 5.41) is 2.79. The van der Waals surface area contributed by atoms with Crippen molar-refractivity contribution in [2.45, 2.75) is 38.5 Å². The van der Waals surface area contributed by atoms with Crippen LogP contribution in [0.1, 0.15) is 45.8 Å². The fraction of sp³-hybridized carbons (Fsp3) is 0.429. The molecule has 2 heterocycles. The van der Waals surface area contributed by atoms with Crippen LogP contribution in [0.4, 0.5) is 11.4 Å². The summed E-state index contributed by atoms with van der Waals surface area (Å²) in [5.74, 6) is -0.733. The molecule has 27 heavy (non-hydrogen) atoms. The van der Waals surface area contributed by atoms with Gasteiger partial charge in [-0.15, -0.1) is 11.3 Å². The maximum Gasteiger partial charge on any atom is 0.348 e. The molecule has 2 aliphatic rings. The lowest BCUT2D eigenvalue weighted by molar-refractivity contribution is -0.119. The van der Waals surface area contributed by atoms with E-state index in [0.29, 0.717) is 10.6 Å². The highest BCUT2D eigenvalue weighted by atomic mass is 32.1. The smallest absolute Gasteiger partial charge is 0.348 e. The summed E-state index contributed by atoms with van der Waals surface area (Å²) < 4.78 is 5.17. The molecule has 5 nitrogen and oxygen atoms in total. The molecule has 1 saturated heterocycles. The topological polar surface area (TPSA) is 58.6 Å². The van der Waals surface area contributed by atoms with E-state index in [0.717, 1.165) is 32.4 Å². The second-order valence-electron chi connectivity index (χ2n) is 7.13. The molecular formula is C21H24N2O3S. The first kappa shape index (κ1) is 18.0. The molecule has 1 aliphatic carbocycles. The third-order valence-corrected chi connectivity index (χ3v) is 6.37. The average Bonchev–Trinajstić information content (AvgIpc) is 3.30. The first-order valence-electron chi connectivity index (χ1n) is 9.62. The van der Waals surface area contributed by atoms with Crippen LogP contribution in [0.3, 0.4) is 0 Å². The monoisotopic (exact) mass is 384 g/mol. The first-order valence-corrected chi connectivity index (χ1v) is 10.4. The highest BCUT2D eigenvalue weighted by molar-refractivity contribution is 7.14. The normalized spacial score (nSPS) is 16.1. The number of fused-ring (bicyclic) bond motifs is 1. The summed E-state index contributed by atoms with van der Waals surface area (Å²) in [4.78, 5) is 28.5. The lowest BCUT2D eigenvalue weighted by Gasteiger charge is -2.28. The molecule has 4 rings (SSSR count). The van der Waals surface area contributed by atoms with Crippen LogP contribution < -0.4 is 10.2 Å². The van der Waals surface area contributed by atoms with Gasteiger partial charge < -0.3 is 15.0 Å². The number of hydrogen-bond acceptors (Lipinski definition) is 5. The van der Waals surface area contributed by atoms with Gasteiger partial charge in [0, 0.05) is 29.3 Å². The van der Waals surface area contributed by atoms with E-state index in [4.69, 9.17) is 4.74 Å². The van der Waals surface area contributed by atoms with Gasteiger partial charge in [0.15, 0.2) is 6.61 Å². The number of rotatable bonds is 5. The molecule has 1 aromatic carbocycles. The van der Waals surface area contributed by atoms with Crippen molar-refractivity contribution in [3.8, 4) is 0 Å². The Labute approximate surface area is 163 Å². The number of hydrogen-bond donors (Lipinski definition) is 1. The van der Waals surface area contributed by atoms with E-state index in [2.05, 4.69) is 10.2 Å². The Bertz CT molecular complexity index is 801. The Morgan fingerprint density at radius 2 is 1.81 bits per heavy atom. The Hall–Kier alpha value is -2.34. The first-order chi connectivity index (χ1) is 13.2. The van der Waals surface area contributed by atoms with Crippen LogP contribution in [-0.4, -0.2) is 31.6 Å². The maximum absolute atomic E-state index is 12.1. The van der Waals surface area contributed by atoms with Crippen molar-refractivity contribution in [1.29, 1.82) is 0 Å². The number of amides is 1. The highest BCUT2D eigenvalue weighted by Gasteiger charge is 2.20. The number of benzene rings is 1. The van der Waals surface area contributed by atoms with Crippen molar-refractivity contribution in [1.82, 2.24) is 0 Å². The van der Waals surface area contributed by atoms with Gasteiger partial charge >= 0.3 is 5.97 Å². The molecule has 1 fully saturated rings. The van der Waals surface area contributed by atoms with Gasteiger partial charge in [-0.3, -0.25) is 4.79 Å². The van der Waals surface area contributed by atoms with E-state index in [-0.39, 0.29) is 12.5 Å². The molecule has 0 spiro atoms. The summed E-state index contributed by atoms with van der Waals surface area (Å²) in [7, 11) is 0. The predicted octanol–water partition coefficient (Wildman–Crippen LogP) is 4.02. The lowest BCUT2D eigenvalue weighted by Crippen LogP contribution is -2.29. The van der Waals surface area contributed by atoms with Gasteiger partial charge in [0.25, 0.3) is 5.91 Å². The zero-order chi connectivity index (χ0) is 18.6. The van der Waals surface area contributed by atoms with Gasteiger partial charge in [0.05, 0.1) is 0 Å². The molecule has 1 N–H and O–H groups in total. The molecule has 0 saturated carbocycles. The van der Waals surface area contributed by atoms with Crippen molar-refractivity contribution in [2.75, 3.05) is 29.9 Å². The molecule has 142 valence electrons. The summed E-state index contributed by atoms with van der Waals surface area (Å²) in [6.07, 6.45) is 7.01. The summed E-state index contributed by atoms with van der Waals surface area (Å²) >= 11 is 1.49. The molecule has 6 heteroatoms. The molecule has 1 amide bonds. The van der Waals surface area contributed by atoms with E-state index in [1.54, 1.807) is 0 Å². The van der Waals surface area contributed by atoms with E-state index in [1.165, 1.54) is 46.7 Å². The van der Waals surface area contributed by atoms with Crippen LogP contribution in [0.15, 0.2) is 30.3 Å². The third kappa shape index (κ3) is 4.33. The van der Waals surface area contributed by atoms with Crippen molar-refractivity contribution in [3.05, 3.63) is 45.6 Å². The SMILES string of the molecule is O=C(COC(=O)c1cc2c(s1)CCC2)Nc1ccc(N2CCCCC2)cc1. The molecule has 1 aromatic heterocycles. The number of carbonyl (C=O) groups excluding carboxylic acids is 2. The second-order valence-corrected chi connectivity index (χ2v) is 8.27. The van der Waals surface area contributed by atoms with Crippen LogP contribution in [0.2, 0.25) is 0 Å². The fourth-order valence-electron chi connectivity index (χ4n) is 3.74. The Morgan fingerprint density at radius 3 is 2.56 bits per heavy atom. The molecule has 0 unspecified atom stereocenters. The molecule has 2 aromatic rings. The zero-order valence-corrected chi connectivity index (χ0v) is 16.1. The minimum absolute atomic E-state index is 0.269. The largest absolute Gasteiger partial charge is 0.451 e. The molecule has 0 radical (unpaired) electrons. The second kappa shape index (κ2) is 8.13. The van der Waals surface area contributed by atoms with Crippen molar-refractivity contribution >= 4 is 34.6 Å². The number of anilines is 2. The number of nitrogens with zero attached hydrogens (tertiary/aromatic N) is 1. The van der Waals surface area contributed by atoms with Crippen molar-refractivity contribution < 1.29 is 14.3 Å². The van der Waals surface area contributed by atoms with Gasteiger partial charge in [0.1, 0.15) is 4.88 Å². The summed E-state index contributed by atoms with van der Waals surface area (Å²) in [6.45, 7) is 1.91. The zero-order valence-electron chi connectivity index (χ0n) is 15.3. The lowest BCUT2D eigenvalue weighted by atomic mass is 10.1. The van der Waals surface area contributed by atoms with Gasteiger partial charge in [-0.2, -0.15) is 0 Å². The quantitative estimate of drug-likeness (QED) is 0.791. The summed E-state index contributed by atoms with van der Waals surface area (Å²) in [6, 6.07) is 9.76. The molecule has 0 bridgehead atoms. The van der Waals surface area contributed by atoms with E-state index in [9.17, 15) is 9.59 Å². The number of esters is 1. The number of piperidine rings is 1. The highest BCUT2D eigenvalue weighted by Crippen LogP contribution is 2.31. The predicted molar refractivity (Wildman–Crippen MR) is 108 cm³/mol. The van der Waals surface area contributed by atoms with Crippen LogP contribution in [0.25, 0.3) is 0 Å². The van der Waals surface area contributed by atoms with E-state index in [1.807, 2.05) is 30.3 Å². The number of carbonyl (C=O) groups is 2. The fourth-order valence-corrected chi connectivity index (χ4v) is 4.88. The number of thiophene rings is 1.